The van der Waals surface area contributed by atoms with E-state index in [4.69, 9.17) is 27.2 Å². The number of hydrogen-bond acceptors (Lipinski definition) is 8. The van der Waals surface area contributed by atoms with Gasteiger partial charge in [-0.05, 0) is 31.0 Å². The van der Waals surface area contributed by atoms with E-state index < -0.39 is 5.91 Å². The van der Waals surface area contributed by atoms with Gasteiger partial charge in [0.25, 0.3) is 5.91 Å². The maximum Gasteiger partial charge on any atom is 0.255 e. The highest BCUT2D eigenvalue weighted by Crippen LogP contribution is 2.36. The fourth-order valence-corrected chi connectivity index (χ4v) is 3.60. The number of phenols is 1. The van der Waals surface area contributed by atoms with Gasteiger partial charge in [-0.15, -0.1) is 0 Å². The van der Waals surface area contributed by atoms with Crippen molar-refractivity contribution >= 4 is 29.3 Å². The van der Waals surface area contributed by atoms with Gasteiger partial charge in [0, 0.05) is 36.5 Å². The Bertz CT molecular complexity index is 875. The zero-order valence-corrected chi connectivity index (χ0v) is 16.8. The van der Waals surface area contributed by atoms with Crippen LogP contribution >= 0.6 is 11.6 Å². The van der Waals surface area contributed by atoms with Crippen LogP contribution in [0.25, 0.3) is 0 Å². The van der Waals surface area contributed by atoms with Crippen molar-refractivity contribution in [2.75, 3.05) is 43.5 Å². The second kappa shape index (κ2) is 9.25. The van der Waals surface area contributed by atoms with E-state index in [0.29, 0.717) is 36.2 Å². The Labute approximate surface area is 173 Å². The Balaban J connectivity index is 1.99. The number of halogens is 1. The number of nitrogens with two attached hydrogens (primary N) is 1. The predicted octanol–water partition coefficient (Wildman–Crippen LogP) is 1.42. The average molecular weight is 422 g/mol. The molecule has 0 unspecified atom stereocenters. The van der Waals surface area contributed by atoms with Gasteiger partial charge < -0.3 is 30.9 Å². The van der Waals surface area contributed by atoms with Gasteiger partial charge >= 0.3 is 0 Å². The topological polar surface area (TPSA) is 134 Å². The molecular weight excluding hydrogens is 398 g/mol. The lowest BCUT2D eigenvalue weighted by atomic mass is 10.0. The smallest absolute Gasteiger partial charge is 0.255 e. The van der Waals surface area contributed by atoms with Crippen LogP contribution in [0.3, 0.4) is 0 Å². The number of ether oxygens (including phenoxy) is 1. The lowest BCUT2D eigenvalue weighted by Crippen LogP contribution is -2.32. The highest BCUT2D eigenvalue weighted by molar-refractivity contribution is 6.32. The maximum absolute atomic E-state index is 12.2. The van der Waals surface area contributed by atoms with Crippen molar-refractivity contribution in [2.45, 2.75) is 19.4 Å². The number of aromatic hydroxyl groups is 1. The first-order valence-electron chi connectivity index (χ1n) is 9.27. The molecule has 0 saturated carbocycles. The number of nitrogens with one attached hydrogen (secondary N) is 1. The lowest BCUT2D eigenvalue weighted by molar-refractivity contribution is 0.0942. The van der Waals surface area contributed by atoms with Gasteiger partial charge in [-0.1, -0.05) is 11.6 Å². The number of aliphatic hydroxyl groups excluding tert-OH is 1. The summed E-state index contributed by atoms with van der Waals surface area (Å²) in [4.78, 5) is 22.7. The van der Waals surface area contributed by atoms with E-state index >= 15 is 0 Å². The number of rotatable bonds is 5. The Morgan fingerprint density at radius 1 is 1.41 bits per heavy atom. The van der Waals surface area contributed by atoms with Crippen LogP contribution in [0.15, 0.2) is 18.2 Å². The number of benzene rings is 1. The zero-order chi connectivity index (χ0) is 21.0. The Morgan fingerprint density at radius 2 is 2.21 bits per heavy atom. The maximum atomic E-state index is 12.2. The SMILES string of the molecule is Cc1cc(N2CCCOC[C@@H]2c2cc(O)c(C(=O)NCCO)cc2Cl)nc(N)n1. The number of anilines is 2. The summed E-state index contributed by atoms with van der Waals surface area (Å²) in [6.45, 7) is 3.28. The highest BCUT2D eigenvalue weighted by atomic mass is 35.5. The van der Waals surface area contributed by atoms with Crippen LogP contribution in [-0.4, -0.2) is 59.0 Å². The van der Waals surface area contributed by atoms with Crippen molar-refractivity contribution in [3.05, 3.63) is 40.0 Å². The number of hydrogen-bond donors (Lipinski definition) is 4. The number of aromatic nitrogens is 2. The van der Waals surface area contributed by atoms with E-state index in [1.165, 1.54) is 12.1 Å². The Morgan fingerprint density at radius 3 is 2.93 bits per heavy atom. The summed E-state index contributed by atoms with van der Waals surface area (Å²) in [5, 5.41) is 22.1. The summed E-state index contributed by atoms with van der Waals surface area (Å²) in [7, 11) is 0. The number of phenolic OH excluding ortho intramolecular Hbond substituents is 1. The molecule has 3 rings (SSSR count). The van der Waals surface area contributed by atoms with Crippen LogP contribution in [0.4, 0.5) is 11.8 Å². The van der Waals surface area contributed by atoms with E-state index in [1.807, 2.05) is 17.9 Å². The van der Waals surface area contributed by atoms with Crippen molar-refractivity contribution in [2.24, 2.45) is 0 Å². The first-order valence-corrected chi connectivity index (χ1v) is 9.65. The minimum absolute atomic E-state index is 0.0374. The molecule has 1 fully saturated rings. The molecule has 0 aliphatic carbocycles. The molecule has 1 atom stereocenters. The molecular formula is C19H24ClN5O4. The van der Waals surface area contributed by atoms with Crippen LogP contribution < -0.4 is 16.0 Å². The first kappa shape index (κ1) is 21.1. The van der Waals surface area contributed by atoms with Crippen molar-refractivity contribution < 1.29 is 19.7 Å². The number of nitrogen functional groups attached to an aromatic ring is 1. The standard InChI is InChI=1S/C19H24ClN5O4/c1-11-7-17(24-19(21)23-11)25-4-2-6-29-10-15(25)12-9-16(27)13(8-14(12)20)18(28)22-3-5-26/h7-9,15,26-27H,2-6,10H2,1H3,(H,22,28)(H2,21,23,24)/t15-/m1/s1. The molecule has 10 heteroatoms. The van der Waals surface area contributed by atoms with Gasteiger partial charge in [-0.3, -0.25) is 4.79 Å². The summed E-state index contributed by atoms with van der Waals surface area (Å²) in [6.07, 6.45) is 0.782. The summed E-state index contributed by atoms with van der Waals surface area (Å²) >= 11 is 6.50. The monoisotopic (exact) mass is 421 g/mol. The highest BCUT2D eigenvalue weighted by Gasteiger charge is 2.28. The second-order valence-electron chi connectivity index (χ2n) is 6.73. The van der Waals surface area contributed by atoms with E-state index in [1.54, 1.807) is 0 Å². The van der Waals surface area contributed by atoms with E-state index in [2.05, 4.69) is 15.3 Å². The number of carbonyl (C=O) groups excluding carboxylic acids is 1. The summed E-state index contributed by atoms with van der Waals surface area (Å²) < 4.78 is 5.74. The normalized spacial score (nSPS) is 17.1. The zero-order valence-electron chi connectivity index (χ0n) is 16.1. The van der Waals surface area contributed by atoms with Gasteiger partial charge in [-0.25, -0.2) is 4.98 Å². The molecule has 2 aromatic rings. The molecule has 2 heterocycles. The van der Waals surface area contributed by atoms with Gasteiger partial charge in [-0.2, -0.15) is 4.98 Å². The molecule has 1 aliphatic rings. The molecule has 29 heavy (non-hydrogen) atoms. The molecule has 0 spiro atoms. The van der Waals surface area contributed by atoms with Crippen molar-refractivity contribution in [3.8, 4) is 5.75 Å². The second-order valence-corrected chi connectivity index (χ2v) is 7.14. The van der Waals surface area contributed by atoms with Crippen LogP contribution in [0, 0.1) is 6.92 Å². The fourth-order valence-electron chi connectivity index (χ4n) is 3.31. The third-order valence-corrected chi connectivity index (χ3v) is 4.94. The summed E-state index contributed by atoms with van der Waals surface area (Å²) in [5.41, 5.74) is 7.21. The number of aryl methyl sites for hydroxylation is 1. The minimum atomic E-state index is -0.516. The molecule has 1 aromatic heterocycles. The van der Waals surface area contributed by atoms with Gasteiger partial charge in [0.15, 0.2) is 0 Å². The van der Waals surface area contributed by atoms with Crippen molar-refractivity contribution in [1.29, 1.82) is 0 Å². The molecule has 1 saturated heterocycles. The van der Waals surface area contributed by atoms with Crippen LogP contribution in [0.1, 0.15) is 34.1 Å². The third-order valence-electron chi connectivity index (χ3n) is 4.61. The number of nitrogens with zero attached hydrogens (tertiary/aromatic N) is 3. The Hall–Kier alpha value is -2.62. The van der Waals surface area contributed by atoms with E-state index in [-0.39, 0.29) is 36.5 Å². The largest absolute Gasteiger partial charge is 0.507 e. The molecule has 0 radical (unpaired) electrons. The van der Waals surface area contributed by atoms with Crippen LogP contribution in [0.2, 0.25) is 5.02 Å². The summed E-state index contributed by atoms with van der Waals surface area (Å²) in [5.74, 6) is 0.0974. The Kier molecular flexibility index (Phi) is 6.73. The molecule has 1 aromatic carbocycles. The quantitative estimate of drug-likeness (QED) is 0.569. The van der Waals surface area contributed by atoms with Gasteiger partial charge in [0.2, 0.25) is 5.95 Å². The molecule has 1 aliphatic heterocycles. The average Bonchev–Trinajstić information content (AvgIpc) is 2.92. The van der Waals surface area contributed by atoms with Crippen LogP contribution in [-0.2, 0) is 4.74 Å². The molecule has 156 valence electrons. The van der Waals surface area contributed by atoms with Gasteiger partial charge in [0.1, 0.15) is 11.6 Å². The third kappa shape index (κ3) is 4.87. The molecule has 5 N–H and O–H groups in total. The van der Waals surface area contributed by atoms with Crippen LogP contribution in [0.5, 0.6) is 5.75 Å². The first-order chi connectivity index (χ1) is 13.9. The number of aliphatic hydroxyl groups is 1. The number of carbonyl (C=O) groups is 1. The molecule has 1 amide bonds. The van der Waals surface area contributed by atoms with Crippen molar-refractivity contribution in [3.63, 3.8) is 0 Å². The predicted molar refractivity (Wildman–Crippen MR) is 109 cm³/mol. The molecule has 9 nitrogen and oxygen atoms in total. The van der Waals surface area contributed by atoms with Crippen molar-refractivity contribution in [1.82, 2.24) is 15.3 Å². The lowest BCUT2D eigenvalue weighted by Gasteiger charge is -2.31. The molecule has 0 bridgehead atoms. The van der Waals surface area contributed by atoms with E-state index in [0.717, 1.165) is 12.1 Å². The minimum Gasteiger partial charge on any atom is -0.507 e. The fraction of sp³-hybridized carbons (Fsp3) is 0.421. The van der Waals surface area contributed by atoms with E-state index in [9.17, 15) is 9.90 Å². The summed E-state index contributed by atoms with van der Waals surface area (Å²) in [6, 6.07) is 4.39. The van der Waals surface area contributed by atoms with Gasteiger partial charge in [0.05, 0.1) is 24.8 Å². The number of amides is 1.